The van der Waals surface area contributed by atoms with Gasteiger partial charge in [0.1, 0.15) is 5.82 Å². The maximum absolute atomic E-state index is 13.0. The van der Waals surface area contributed by atoms with E-state index in [1.807, 2.05) is 24.3 Å². The number of nitrogens with zero attached hydrogens (tertiary/aromatic N) is 1. The average molecular weight is 285 g/mol. The number of rotatable bonds is 3. The zero-order valence-electron chi connectivity index (χ0n) is 11.5. The third kappa shape index (κ3) is 2.89. The predicted molar refractivity (Wildman–Crippen MR) is 78.7 cm³/mol. The summed E-state index contributed by atoms with van der Waals surface area (Å²) in [6, 6.07) is 14.2. The Balaban J connectivity index is 1.89. The summed E-state index contributed by atoms with van der Waals surface area (Å²) in [5.41, 5.74) is 3.09. The van der Waals surface area contributed by atoms with Gasteiger partial charge in [0.05, 0.1) is 5.92 Å². The molecule has 0 saturated carbocycles. The summed E-state index contributed by atoms with van der Waals surface area (Å²) >= 11 is 0. The molecule has 21 heavy (non-hydrogen) atoms. The zero-order chi connectivity index (χ0) is 14.8. The molecule has 1 aliphatic rings. The van der Waals surface area contributed by atoms with Crippen LogP contribution in [0.15, 0.2) is 48.5 Å². The van der Waals surface area contributed by atoms with Gasteiger partial charge in [0.15, 0.2) is 0 Å². The van der Waals surface area contributed by atoms with E-state index >= 15 is 0 Å². The van der Waals surface area contributed by atoms with Crippen LogP contribution < -0.4 is 4.90 Å². The Bertz CT molecular complexity index is 654. The third-order valence-corrected chi connectivity index (χ3v) is 3.88. The highest BCUT2D eigenvalue weighted by Gasteiger charge is 2.28. The number of halogens is 1. The summed E-state index contributed by atoms with van der Waals surface area (Å²) in [6.07, 6.45) is 0.561. The number of carboxylic acid groups (broad SMARTS) is 1. The minimum atomic E-state index is -0.770. The zero-order valence-corrected chi connectivity index (χ0v) is 11.5. The van der Waals surface area contributed by atoms with Gasteiger partial charge >= 0.3 is 5.97 Å². The van der Waals surface area contributed by atoms with Gasteiger partial charge in [-0.25, -0.2) is 4.39 Å². The van der Waals surface area contributed by atoms with Crippen LogP contribution in [0.5, 0.6) is 0 Å². The lowest BCUT2D eigenvalue weighted by atomic mass is 9.92. The van der Waals surface area contributed by atoms with Crippen molar-refractivity contribution in [2.45, 2.75) is 13.0 Å². The molecular formula is C17H16FNO2. The molecule has 2 aromatic rings. The molecule has 1 heterocycles. The van der Waals surface area contributed by atoms with Crippen molar-refractivity contribution >= 4 is 11.7 Å². The van der Waals surface area contributed by atoms with E-state index in [0.717, 1.165) is 16.8 Å². The van der Waals surface area contributed by atoms with Crippen LogP contribution in [0, 0.1) is 11.7 Å². The van der Waals surface area contributed by atoms with E-state index in [2.05, 4.69) is 4.90 Å². The number of hydrogen-bond donors (Lipinski definition) is 1. The number of hydrogen-bond acceptors (Lipinski definition) is 2. The van der Waals surface area contributed by atoms with Crippen LogP contribution in [-0.2, 0) is 17.8 Å². The summed E-state index contributed by atoms with van der Waals surface area (Å²) in [5.74, 6) is -1.44. The monoisotopic (exact) mass is 285 g/mol. The van der Waals surface area contributed by atoms with Gasteiger partial charge in [-0.1, -0.05) is 30.3 Å². The van der Waals surface area contributed by atoms with Crippen molar-refractivity contribution in [1.29, 1.82) is 0 Å². The molecule has 0 fully saturated rings. The topological polar surface area (TPSA) is 40.5 Å². The first kappa shape index (κ1) is 13.6. The molecule has 4 heteroatoms. The Kier molecular flexibility index (Phi) is 3.60. The molecule has 0 saturated heterocycles. The molecule has 108 valence electrons. The molecule has 2 aromatic carbocycles. The molecule has 1 atom stereocenters. The SMILES string of the molecule is O=C(O)C1Cc2ccccc2N(Cc2ccc(F)cc2)C1. The molecule has 1 unspecified atom stereocenters. The Morgan fingerprint density at radius 2 is 1.90 bits per heavy atom. The van der Waals surface area contributed by atoms with Crippen molar-refractivity contribution in [3.05, 3.63) is 65.5 Å². The van der Waals surface area contributed by atoms with E-state index < -0.39 is 11.9 Å². The van der Waals surface area contributed by atoms with Gasteiger partial charge in [-0.05, 0) is 35.7 Å². The highest BCUT2D eigenvalue weighted by Crippen LogP contribution is 2.30. The fourth-order valence-corrected chi connectivity index (χ4v) is 2.81. The Hall–Kier alpha value is -2.36. The molecule has 1 N–H and O–H groups in total. The van der Waals surface area contributed by atoms with Gasteiger partial charge in [0.2, 0.25) is 0 Å². The van der Waals surface area contributed by atoms with Crippen molar-refractivity contribution in [2.75, 3.05) is 11.4 Å². The normalized spacial score (nSPS) is 17.4. The van der Waals surface area contributed by atoms with Crippen LogP contribution >= 0.6 is 0 Å². The van der Waals surface area contributed by atoms with Crippen molar-refractivity contribution in [3.63, 3.8) is 0 Å². The van der Waals surface area contributed by atoms with Crippen LogP contribution in [0.3, 0.4) is 0 Å². The molecule has 0 aromatic heterocycles. The molecule has 3 rings (SSSR count). The maximum Gasteiger partial charge on any atom is 0.308 e. The first-order chi connectivity index (χ1) is 10.1. The van der Waals surface area contributed by atoms with Gasteiger partial charge in [-0.2, -0.15) is 0 Å². The van der Waals surface area contributed by atoms with Gasteiger partial charge in [0.25, 0.3) is 0 Å². The Morgan fingerprint density at radius 1 is 1.19 bits per heavy atom. The van der Waals surface area contributed by atoms with Crippen LogP contribution in [-0.4, -0.2) is 17.6 Å². The molecule has 1 aliphatic heterocycles. The van der Waals surface area contributed by atoms with Crippen LogP contribution in [0.4, 0.5) is 10.1 Å². The molecule has 0 radical (unpaired) electrons. The van der Waals surface area contributed by atoms with E-state index in [1.165, 1.54) is 12.1 Å². The van der Waals surface area contributed by atoms with Crippen molar-refractivity contribution < 1.29 is 14.3 Å². The summed E-state index contributed by atoms with van der Waals surface area (Å²) in [7, 11) is 0. The van der Waals surface area contributed by atoms with E-state index in [9.17, 15) is 14.3 Å². The highest BCUT2D eigenvalue weighted by molar-refractivity contribution is 5.73. The smallest absolute Gasteiger partial charge is 0.308 e. The van der Waals surface area contributed by atoms with E-state index in [0.29, 0.717) is 19.5 Å². The van der Waals surface area contributed by atoms with Crippen LogP contribution in [0.25, 0.3) is 0 Å². The number of fused-ring (bicyclic) bond motifs is 1. The molecule has 0 spiro atoms. The number of aliphatic carboxylic acids is 1. The van der Waals surface area contributed by atoms with Crippen molar-refractivity contribution in [3.8, 4) is 0 Å². The van der Waals surface area contributed by atoms with Gasteiger partial charge in [-0.3, -0.25) is 4.79 Å². The summed E-state index contributed by atoms with van der Waals surface area (Å²) in [6.45, 7) is 1.06. The fourth-order valence-electron chi connectivity index (χ4n) is 2.81. The molecule has 0 bridgehead atoms. The number of anilines is 1. The minimum Gasteiger partial charge on any atom is -0.481 e. The summed E-state index contributed by atoms with van der Waals surface area (Å²) < 4.78 is 13.0. The summed E-state index contributed by atoms with van der Waals surface area (Å²) in [4.78, 5) is 13.4. The van der Waals surface area contributed by atoms with Gasteiger partial charge < -0.3 is 10.0 Å². The van der Waals surface area contributed by atoms with Crippen molar-refractivity contribution in [2.24, 2.45) is 5.92 Å². The van der Waals surface area contributed by atoms with Gasteiger partial charge in [0, 0.05) is 18.8 Å². The molecule has 0 amide bonds. The number of carboxylic acids is 1. The molecule has 0 aliphatic carbocycles. The first-order valence-corrected chi connectivity index (χ1v) is 6.93. The average Bonchev–Trinajstić information content (AvgIpc) is 2.49. The maximum atomic E-state index is 13.0. The number of benzene rings is 2. The molecular weight excluding hydrogens is 269 g/mol. The van der Waals surface area contributed by atoms with E-state index in [4.69, 9.17) is 0 Å². The van der Waals surface area contributed by atoms with E-state index in [1.54, 1.807) is 12.1 Å². The first-order valence-electron chi connectivity index (χ1n) is 6.93. The second-order valence-corrected chi connectivity index (χ2v) is 5.37. The number of para-hydroxylation sites is 1. The van der Waals surface area contributed by atoms with E-state index in [-0.39, 0.29) is 5.82 Å². The van der Waals surface area contributed by atoms with Crippen LogP contribution in [0.2, 0.25) is 0 Å². The Labute approximate surface area is 122 Å². The van der Waals surface area contributed by atoms with Crippen LogP contribution in [0.1, 0.15) is 11.1 Å². The lowest BCUT2D eigenvalue weighted by Crippen LogP contribution is -2.38. The standard InChI is InChI=1S/C17H16FNO2/c18-15-7-5-12(6-8-15)10-19-11-14(17(20)21)9-13-3-1-2-4-16(13)19/h1-8,14H,9-11H2,(H,20,21). The number of carbonyl (C=O) groups is 1. The molecule has 3 nitrogen and oxygen atoms in total. The summed E-state index contributed by atoms with van der Waals surface area (Å²) in [5, 5.41) is 9.31. The lowest BCUT2D eigenvalue weighted by Gasteiger charge is -2.34. The predicted octanol–water partition coefficient (Wildman–Crippen LogP) is 3.09. The van der Waals surface area contributed by atoms with Crippen molar-refractivity contribution in [1.82, 2.24) is 0 Å². The van der Waals surface area contributed by atoms with Gasteiger partial charge in [-0.15, -0.1) is 0 Å². The second kappa shape index (κ2) is 5.56. The third-order valence-electron chi connectivity index (χ3n) is 3.88. The lowest BCUT2D eigenvalue weighted by molar-refractivity contribution is -0.141. The Morgan fingerprint density at radius 3 is 2.62 bits per heavy atom. The second-order valence-electron chi connectivity index (χ2n) is 5.37. The highest BCUT2D eigenvalue weighted by atomic mass is 19.1. The minimum absolute atomic E-state index is 0.263. The largest absolute Gasteiger partial charge is 0.481 e. The quantitative estimate of drug-likeness (QED) is 0.942. The fraction of sp³-hybridized carbons (Fsp3) is 0.235.